The van der Waals surface area contributed by atoms with Crippen LogP contribution in [0.15, 0.2) is 33.6 Å². The van der Waals surface area contributed by atoms with Gasteiger partial charge in [0, 0.05) is 11.5 Å². The summed E-state index contributed by atoms with van der Waals surface area (Å²) in [6.07, 6.45) is 0. The van der Waals surface area contributed by atoms with Crippen molar-refractivity contribution in [1.29, 1.82) is 0 Å². The van der Waals surface area contributed by atoms with Crippen LogP contribution in [-0.4, -0.2) is 60.9 Å². The number of β-amino-alcohol motifs (C(OH)–C–C–N with tert-alkyl or cyclic N) is 1. The fraction of sp³-hybridized carbons (Fsp3) is 0.533. The van der Waals surface area contributed by atoms with E-state index in [0.29, 0.717) is 0 Å². The number of nitrogens with zero attached hydrogens (tertiary/aromatic N) is 2. The predicted molar refractivity (Wildman–Crippen MR) is 90.3 cm³/mol. The van der Waals surface area contributed by atoms with Crippen LogP contribution in [0.2, 0.25) is 0 Å². The average molecular weight is 405 g/mol. The van der Waals surface area contributed by atoms with E-state index in [1.807, 2.05) is 13.8 Å². The highest BCUT2D eigenvalue weighted by atomic mass is 79.9. The highest BCUT2D eigenvalue weighted by Crippen LogP contribution is 2.28. The summed E-state index contributed by atoms with van der Waals surface area (Å²) in [4.78, 5) is 13.8. The van der Waals surface area contributed by atoms with E-state index in [1.54, 1.807) is 12.1 Å². The summed E-state index contributed by atoms with van der Waals surface area (Å²) in [6.45, 7) is 4.04. The third kappa shape index (κ3) is 3.76. The molecule has 0 bridgehead atoms. The van der Waals surface area contributed by atoms with E-state index in [-0.39, 0.29) is 36.4 Å². The van der Waals surface area contributed by atoms with Crippen molar-refractivity contribution in [3.05, 3.63) is 28.7 Å². The molecule has 1 aromatic carbocycles. The number of likely N-dealkylation sites (tertiary alicyclic amines) is 1. The standard InChI is InChI=1S/C15H21BrN2O4S/c1-11(2)15(20)9-18(10-15)14(19)8-17(3)23(21,22)13-6-4-12(16)5-7-13/h4-7,11,20H,8-10H2,1-3H3. The van der Waals surface area contributed by atoms with Crippen molar-refractivity contribution in [3.8, 4) is 0 Å². The van der Waals surface area contributed by atoms with Crippen molar-refractivity contribution in [2.45, 2.75) is 24.3 Å². The average Bonchev–Trinajstić information content (AvgIpc) is 2.43. The molecular formula is C15H21BrN2O4S. The fourth-order valence-electron chi connectivity index (χ4n) is 2.32. The van der Waals surface area contributed by atoms with E-state index in [0.717, 1.165) is 8.78 Å². The second-order valence-electron chi connectivity index (χ2n) is 6.22. The molecule has 1 fully saturated rings. The minimum absolute atomic E-state index is 0.0516. The Labute approximate surface area is 145 Å². The largest absolute Gasteiger partial charge is 0.386 e. The monoisotopic (exact) mass is 404 g/mol. The Kier molecular flexibility index (Phi) is 5.20. The topological polar surface area (TPSA) is 77.9 Å². The summed E-state index contributed by atoms with van der Waals surface area (Å²) in [5, 5.41) is 10.2. The number of halogens is 1. The molecule has 0 radical (unpaired) electrons. The van der Waals surface area contributed by atoms with Gasteiger partial charge in [0.15, 0.2) is 0 Å². The number of benzene rings is 1. The second-order valence-corrected chi connectivity index (χ2v) is 9.18. The first-order valence-electron chi connectivity index (χ1n) is 7.28. The highest BCUT2D eigenvalue weighted by molar-refractivity contribution is 9.10. The van der Waals surface area contributed by atoms with E-state index >= 15 is 0 Å². The van der Waals surface area contributed by atoms with Gasteiger partial charge < -0.3 is 10.0 Å². The predicted octanol–water partition coefficient (Wildman–Crippen LogP) is 1.30. The Balaban J connectivity index is 2.00. The van der Waals surface area contributed by atoms with Crippen LogP contribution in [0.3, 0.4) is 0 Å². The van der Waals surface area contributed by atoms with Crippen LogP contribution >= 0.6 is 15.9 Å². The van der Waals surface area contributed by atoms with Crippen LogP contribution in [0, 0.1) is 5.92 Å². The van der Waals surface area contributed by atoms with Crippen molar-refractivity contribution in [2.75, 3.05) is 26.7 Å². The maximum atomic E-state index is 12.4. The minimum atomic E-state index is -3.71. The highest BCUT2D eigenvalue weighted by Gasteiger charge is 2.46. The van der Waals surface area contributed by atoms with Crippen LogP contribution < -0.4 is 0 Å². The molecule has 0 atom stereocenters. The van der Waals surface area contributed by atoms with Crippen LogP contribution in [0.5, 0.6) is 0 Å². The van der Waals surface area contributed by atoms with Crippen molar-refractivity contribution in [1.82, 2.24) is 9.21 Å². The molecule has 128 valence electrons. The molecule has 0 spiro atoms. The van der Waals surface area contributed by atoms with Gasteiger partial charge in [0.05, 0.1) is 24.5 Å². The minimum Gasteiger partial charge on any atom is -0.386 e. The number of carbonyl (C=O) groups is 1. The van der Waals surface area contributed by atoms with Gasteiger partial charge in [-0.1, -0.05) is 29.8 Å². The lowest BCUT2D eigenvalue weighted by Crippen LogP contribution is -2.67. The molecular weight excluding hydrogens is 384 g/mol. The van der Waals surface area contributed by atoms with Gasteiger partial charge in [-0.2, -0.15) is 4.31 Å². The molecule has 1 heterocycles. The first kappa shape index (κ1) is 18.4. The SMILES string of the molecule is CC(C)C1(O)CN(C(=O)CN(C)S(=O)(=O)c2ccc(Br)cc2)C1. The van der Waals surface area contributed by atoms with E-state index in [1.165, 1.54) is 24.1 Å². The van der Waals surface area contributed by atoms with Gasteiger partial charge in [0.2, 0.25) is 15.9 Å². The van der Waals surface area contributed by atoms with Gasteiger partial charge in [-0.25, -0.2) is 8.42 Å². The van der Waals surface area contributed by atoms with Gasteiger partial charge in [0.25, 0.3) is 0 Å². The number of rotatable bonds is 5. The molecule has 1 aliphatic rings. The van der Waals surface area contributed by atoms with Crippen molar-refractivity contribution in [2.24, 2.45) is 5.92 Å². The molecule has 0 aromatic heterocycles. The maximum Gasteiger partial charge on any atom is 0.243 e. The Hall–Kier alpha value is -0.960. The Morgan fingerprint density at radius 1 is 1.35 bits per heavy atom. The third-order valence-corrected chi connectivity index (χ3v) is 6.58. The first-order chi connectivity index (χ1) is 10.6. The number of carbonyl (C=O) groups excluding carboxylic acids is 1. The first-order valence-corrected chi connectivity index (χ1v) is 9.51. The van der Waals surface area contributed by atoms with Crippen molar-refractivity contribution >= 4 is 31.9 Å². The Bertz CT molecular complexity index is 682. The number of sulfonamides is 1. The molecule has 23 heavy (non-hydrogen) atoms. The molecule has 1 N–H and O–H groups in total. The molecule has 2 rings (SSSR count). The zero-order valence-corrected chi connectivity index (χ0v) is 15.8. The molecule has 1 aliphatic heterocycles. The zero-order chi connectivity index (χ0) is 17.4. The van der Waals surface area contributed by atoms with E-state index in [2.05, 4.69) is 15.9 Å². The van der Waals surface area contributed by atoms with E-state index in [9.17, 15) is 18.3 Å². The fourth-order valence-corrected chi connectivity index (χ4v) is 3.70. The molecule has 6 nitrogen and oxygen atoms in total. The molecule has 1 aromatic rings. The summed E-state index contributed by atoms with van der Waals surface area (Å²) in [5.74, 6) is -0.255. The smallest absolute Gasteiger partial charge is 0.243 e. The van der Waals surface area contributed by atoms with E-state index in [4.69, 9.17) is 0 Å². The zero-order valence-electron chi connectivity index (χ0n) is 13.4. The Morgan fingerprint density at radius 3 is 2.35 bits per heavy atom. The number of hydrogen-bond donors (Lipinski definition) is 1. The van der Waals surface area contributed by atoms with Gasteiger partial charge in [0.1, 0.15) is 5.60 Å². The van der Waals surface area contributed by atoms with Crippen molar-refractivity contribution in [3.63, 3.8) is 0 Å². The Morgan fingerprint density at radius 2 is 1.87 bits per heavy atom. The summed E-state index contributed by atoms with van der Waals surface area (Å²) < 4.78 is 26.7. The number of amides is 1. The van der Waals surface area contributed by atoms with Gasteiger partial charge in [-0.3, -0.25) is 4.79 Å². The molecule has 0 saturated carbocycles. The molecule has 0 aliphatic carbocycles. The van der Waals surface area contributed by atoms with Crippen LogP contribution in [0.4, 0.5) is 0 Å². The second kappa shape index (κ2) is 6.51. The maximum absolute atomic E-state index is 12.4. The quantitative estimate of drug-likeness (QED) is 0.801. The van der Waals surface area contributed by atoms with Gasteiger partial charge in [-0.05, 0) is 30.2 Å². The number of hydrogen-bond acceptors (Lipinski definition) is 4. The lowest BCUT2D eigenvalue weighted by molar-refractivity contribution is -0.163. The van der Waals surface area contributed by atoms with Crippen LogP contribution in [-0.2, 0) is 14.8 Å². The van der Waals surface area contributed by atoms with Crippen LogP contribution in [0.1, 0.15) is 13.8 Å². The van der Waals surface area contributed by atoms with Crippen molar-refractivity contribution < 1.29 is 18.3 Å². The molecule has 0 unspecified atom stereocenters. The van der Waals surface area contributed by atoms with E-state index < -0.39 is 15.6 Å². The molecule has 1 amide bonds. The normalized spacial score (nSPS) is 17.4. The summed E-state index contributed by atoms with van der Waals surface area (Å²) in [7, 11) is -2.33. The third-order valence-electron chi connectivity index (χ3n) is 4.24. The summed E-state index contributed by atoms with van der Waals surface area (Å²) in [5.41, 5.74) is -0.862. The molecule has 8 heteroatoms. The molecule has 1 saturated heterocycles. The number of likely N-dealkylation sites (N-methyl/N-ethyl adjacent to an activating group) is 1. The van der Waals surface area contributed by atoms with Gasteiger partial charge >= 0.3 is 0 Å². The summed E-state index contributed by atoms with van der Waals surface area (Å²) >= 11 is 3.25. The summed E-state index contributed by atoms with van der Waals surface area (Å²) in [6, 6.07) is 6.25. The van der Waals surface area contributed by atoms with Gasteiger partial charge in [-0.15, -0.1) is 0 Å². The number of aliphatic hydroxyl groups is 1. The van der Waals surface area contributed by atoms with Crippen LogP contribution in [0.25, 0.3) is 0 Å². The lowest BCUT2D eigenvalue weighted by atomic mass is 9.83. The lowest BCUT2D eigenvalue weighted by Gasteiger charge is -2.49.